The van der Waals surface area contributed by atoms with Crippen molar-refractivity contribution in [1.82, 2.24) is 5.32 Å². The van der Waals surface area contributed by atoms with E-state index >= 15 is 0 Å². The van der Waals surface area contributed by atoms with Crippen LogP contribution in [0.2, 0.25) is 0 Å². The number of amides is 2. The van der Waals surface area contributed by atoms with Crippen molar-refractivity contribution in [3.05, 3.63) is 65.7 Å². The molecular weight excluding hydrogens is 326 g/mol. The van der Waals surface area contributed by atoms with Crippen LogP contribution in [0.15, 0.2) is 48.5 Å². The Balaban J connectivity index is 1.67. The van der Waals surface area contributed by atoms with Gasteiger partial charge in [0.15, 0.2) is 11.6 Å². The van der Waals surface area contributed by atoms with Crippen LogP contribution in [0.3, 0.4) is 0 Å². The summed E-state index contributed by atoms with van der Waals surface area (Å²) < 4.78 is 26.4. The predicted molar refractivity (Wildman–Crippen MR) is 89.8 cm³/mol. The van der Waals surface area contributed by atoms with E-state index in [4.69, 9.17) is 0 Å². The molecule has 25 heavy (non-hydrogen) atoms. The smallest absolute Gasteiger partial charge is 0.227 e. The Morgan fingerprint density at radius 1 is 1.16 bits per heavy atom. The molecule has 4 nitrogen and oxygen atoms in total. The maximum Gasteiger partial charge on any atom is 0.227 e. The maximum atomic E-state index is 13.4. The van der Waals surface area contributed by atoms with Crippen LogP contribution in [-0.4, -0.2) is 18.4 Å². The molecule has 1 heterocycles. The number of benzene rings is 2. The van der Waals surface area contributed by atoms with E-state index in [2.05, 4.69) is 5.32 Å². The lowest BCUT2D eigenvalue weighted by Crippen LogP contribution is -2.34. The second-order valence-corrected chi connectivity index (χ2v) is 6.14. The molecule has 1 aliphatic heterocycles. The fourth-order valence-electron chi connectivity index (χ4n) is 2.94. The third kappa shape index (κ3) is 3.68. The number of nitrogens with one attached hydrogen (secondary N) is 1. The van der Waals surface area contributed by atoms with Crippen LogP contribution in [0.25, 0.3) is 0 Å². The lowest BCUT2D eigenvalue weighted by atomic mass is 10.1. The zero-order valence-corrected chi connectivity index (χ0v) is 13.7. The topological polar surface area (TPSA) is 49.4 Å². The second-order valence-electron chi connectivity index (χ2n) is 6.14. The summed E-state index contributed by atoms with van der Waals surface area (Å²) >= 11 is 0. The molecule has 1 aliphatic rings. The number of anilines is 1. The lowest BCUT2D eigenvalue weighted by molar-refractivity contribution is -0.126. The van der Waals surface area contributed by atoms with Crippen molar-refractivity contribution < 1.29 is 18.4 Å². The van der Waals surface area contributed by atoms with Gasteiger partial charge >= 0.3 is 0 Å². The molecular formula is C19H18F2N2O2. The third-order valence-electron chi connectivity index (χ3n) is 4.37. The van der Waals surface area contributed by atoms with E-state index in [9.17, 15) is 18.4 Å². The van der Waals surface area contributed by atoms with Crippen molar-refractivity contribution in [3.63, 3.8) is 0 Å². The molecule has 2 aromatic rings. The fraction of sp³-hybridized carbons (Fsp3) is 0.263. The molecule has 2 atom stereocenters. The van der Waals surface area contributed by atoms with Gasteiger partial charge in [-0.2, -0.15) is 0 Å². The standard InChI is InChI=1S/C19H18F2N2O2/c1-12(13-5-3-2-4-6-13)22-19(25)14-9-18(24)23(11-14)15-7-8-16(20)17(21)10-15/h2-8,10,12,14H,9,11H2,1H3,(H,22,25). The van der Waals surface area contributed by atoms with Crippen LogP contribution in [0.5, 0.6) is 0 Å². The van der Waals surface area contributed by atoms with Crippen LogP contribution in [0.4, 0.5) is 14.5 Å². The van der Waals surface area contributed by atoms with Crippen LogP contribution in [0.1, 0.15) is 24.9 Å². The Hall–Kier alpha value is -2.76. The van der Waals surface area contributed by atoms with E-state index in [1.165, 1.54) is 11.0 Å². The second kappa shape index (κ2) is 7.01. The fourth-order valence-corrected chi connectivity index (χ4v) is 2.94. The molecule has 2 unspecified atom stereocenters. The molecule has 0 aromatic heterocycles. The van der Waals surface area contributed by atoms with Gasteiger partial charge in [0.25, 0.3) is 0 Å². The molecule has 2 aromatic carbocycles. The summed E-state index contributed by atoms with van der Waals surface area (Å²) in [5.74, 6) is -3.02. The molecule has 0 bridgehead atoms. The van der Waals surface area contributed by atoms with Gasteiger partial charge in [0.05, 0.1) is 12.0 Å². The van der Waals surface area contributed by atoms with E-state index in [0.717, 1.165) is 17.7 Å². The average Bonchev–Trinajstić information content (AvgIpc) is 3.00. The van der Waals surface area contributed by atoms with Gasteiger partial charge in [0, 0.05) is 24.7 Å². The number of carbonyl (C=O) groups is 2. The molecule has 130 valence electrons. The first-order valence-electron chi connectivity index (χ1n) is 8.06. The zero-order valence-electron chi connectivity index (χ0n) is 13.7. The summed E-state index contributed by atoms with van der Waals surface area (Å²) in [7, 11) is 0. The Morgan fingerprint density at radius 2 is 1.88 bits per heavy atom. The van der Waals surface area contributed by atoms with Gasteiger partial charge in [-0.05, 0) is 24.6 Å². The van der Waals surface area contributed by atoms with Gasteiger partial charge in [-0.3, -0.25) is 9.59 Å². The Bertz CT molecular complexity index is 795. The van der Waals surface area contributed by atoms with E-state index in [0.29, 0.717) is 0 Å². The van der Waals surface area contributed by atoms with Crippen molar-refractivity contribution in [2.24, 2.45) is 5.92 Å². The van der Waals surface area contributed by atoms with Crippen LogP contribution < -0.4 is 10.2 Å². The first kappa shape index (κ1) is 17.1. The van der Waals surface area contributed by atoms with Crippen LogP contribution >= 0.6 is 0 Å². The summed E-state index contributed by atoms with van der Waals surface area (Å²) in [4.78, 5) is 25.9. The van der Waals surface area contributed by atoms with E-state index in [1.807, 2.05) is 37.3 Å². The number of carbonyl (C=O) groups excluding carboxylic acids is 2. The van der Waals surface area contributed by atoms with Gasteiger partial charge < -0.3 is 10.2 Å². The highest BCUT2D eigenvalue weighted by atomic mass is 19.2. The Labute approximate surface area is 144 Å². The first-order chi connectivity index (χ1) is 12.0. The maximum absolute atomic E-state index is 13.4. The van der Waals surface area contributed by atoms with Crippen molar-refractivity contribution >= 4 is 17.5 Å². The molecule has 0 radical (unpaired) electrons. The Morgan fingerprint density at radius 3 is 2.56 bits per heavy atom. The highest BCUT2D eigenvalue weighted by molar-refractivity contribution is 6.00. The number of rotatable bonds is 4. The van der Waals surface area contributed by atoms with Crippen molar-refractivity contribution in [2.75, 3.05) is 11.4 Å². The molecule has 0 saturated carbocycles. The molecule has 3 rings (SSSR count). The SMILES string of the molecule is CC(NC(=O)C1CC(=O)N(c2ccc(F)c(F)c2)C1)c1ccccc1. The number of nitrogens with zero attached hydrogens (tertiary/aromatic N) is 1. The minimum Gasteiger partial charge on any atom is -0.349 e. The molecule has 1 fully saturated rings. The van der Waals surface area contributed by atoms with E-state index in [-0.39, 0.29) is 36.5 Å². The third-order valence-corrected chi connectivity index (χ3v) is 4.37. The van der Waals surface area contributed by atoms with Gasteiger partial charge in [-0.15, -0.1) is 0 Å². The predicted octanol–water partition coefficient (Wildman–Crippen LogP) is 3.20. The first-order valence-corrected chi connectivity index (χ1v) is 8.06. The van der Waals surface area contributed by atoms with Gasteiger partial charge in [-0.25, -0.2) is 8.78 Å². The summed E-state index contributed by atoms with van der Waals surface area (Å²) in [5.41, 5.74) is 1.23. The molecule has 0 aliphatic carbocycles. The molecule has 6 heteroatoms. The molecule has 2 amide bonds. The van der Waals surface area contributed by atoms with Gasteiger partial charge in [0.2, 0.25) is 11.8 Å². The van der Waals surface area contributed by atoms with E-state index < -0.39 is 17.6 Å². The summed E-state index contributed by atoms with van der Waals surface area (Å²) in [5, 5.41) is 2.90. The lowest BCUT2D eigenvalue weighted by Gasteiger charge is -2.19. The number of hydrogen-bond acceptors (Lipinski definition) is 2. The van der Waals surface area contributed by atoms with Crippen molar-refractivity contribution in [1.29, 1.82) is 0 Å². The summed E-state index contributed by atoms with van der Waals surface area (Å²) in [6.07, 6.45) is 0.0480. The average molecular weight is 344 g/mol. The normalized spacial score (nSPS) is 18.3. The van der Waals surface area contributed by atoms with Crippen molar-refractivity contribution in [3.8, 4) is 0 Å². The molecule has 1 N–H and O–H groups in total. The molecule has 1 saturated heterocycles. The number of hydrogen-bond donors (Lipinski definition) is 1. The highest BCUT2D eigenvalue weighted by Crippen LogP contribution is 2.27. The number of halogens is 2. The molecule has 0 spiro atoms. The Kier molecular flexibility index (Phi) is 4.79. The minimum absolute atomic E-state index is 0.0480. The van der Waals surface area contributed by atoms with Crippen LogP contribution in [-0.2, 0) is 9.59 Å². The summed E-state index contributed by atoms with van der Waals surface area (Å²) in [6.45, 7) is 2.02. The zero-order chi connectivity index (χ0) is 18.0. The van der Waals surface area contributed by atoms with E-state index in [1.54, 1.807) is 0 Å². The van der Waals surface area contributed by atoms with Gasteiger partial charge in [-0.1, -0.05) is 30.3 Å². The highest BCUT2D eigenvalue weighted by Gasteiger charge is 2.35. The van der Waals surface area contributed by atoms with Crippen molar-refractivity contribution in [2.45, 2.75) is 19.4 Å². The minimum atomic E-state index is -1.02. The quantitative estimate of drug-likeness (QED) is 0.926. The summed E-state index contributed by atoms with van der Waals surface area (Å²) in [6, 6.07) is 12.6. The monoisotopic (exact) mass is 344 g/mol. The largest absolute Gasteiger partial charge is 0.349 e. The van der Waals surface area contributed by atoms with Crippen LogP contribution in [0, 0.1) is 17.6 Å². The van der Waals surface area contributed by atoms with Gasteiger partial charge in [0.1, 0.15) is 0 Å².